The zero-order valence-corrected chi connectivity index (χ0v) is 18.1. The second kappa shape index (κ2) is 8.08. The third-order valence-electron chi connectivity index (χ3n) is 5.91. The summed E-state index contributed by atoms with van der Waals surface area (Å²) in [6, 6.07) is 3.93. The van der Waals surface area contributed by atoms with Gasteiger partial charge in [0.05, 0.1) is 17.3 Å². The molecule has 1 atom stereocenters. The smallest absolute Gasteiger partial charge is 0.255 e. The molecule has 0 radical (unpaired) electrons. The van der Waals surface area contributed by atoms with Crippen molar-refractivity contribution < 1.29 is 9.32 Å². The van der Waals surface area contributed by atoms with Gasteiger partial charge in [0.15, 0.2) is 0 Å². The van der Waals surface area contributed by atoms with Crippen LogP contribution in [0.4, 0.5) is 0 Å². The van der Waals surface area contributed by atoms with E-state index in [4.69, 9.17) is 4.52 Å². The molecule has 1 amide bonds. The molecule has 0 N–H and O–H groups in total. The molecule has 0 aliphatic carbocycles. The van der Waals surface area contributed by atoms with E-state index in [1.54, 1.807) is 23.7 Å². The summed E-state index contributed by atoms with van der Waals surface area (Å²) >= 11 is 1.69. The number of aromatic nitrogens is 2. The lowest BCUT2D eigenvalue weighted by Crippen LogP contribution is -2.33. The molecule has 1 aliphatic heterocycles. The highest BCUT2D eigenvalue weighted by Crippen LogP contribution is 2.32. The first-order valence-electron chi connectivity index (χ1n) is 9.86. The fourth-order valence-electron chi connectivity index (χ4n) is 3.88. The fourth-order valence-corrected chi connectivity index (χ4v) is 4.99. The molecule has 1 aliphatic rings. The largest absolute Gasteiger partial charge is 0.361 e. The van der Waals surface area contributed by atoms with Gasteiger partial charge in [0.1, 0.15) is 5.76 Å². The maximum absolute atomic E-state index is 13.2. The fraction of sp³-hybridized carbons (Fsp3) is 0.409. The number of hydrogen-bond acceptors (Lipinski definition) is 6. The number of thiophene rings is 1. The molecule has 29 heavy (non-hydrogen) atoms. The number of hydrogen-bond donors (Lipinski definition) is 0. The molecular weight excluding hydrogens is 384 g/mol. The second-order valence-electron chi connectivity index (χ2n) is 7.69. The van der Waals surface area contributed by atoms with Gasteiger partial charge in [-0.05, 0) is 50.5 Å². The van der Waals surface area contributed by atoms with Gasteiger partial charge in [-0.2, -0.15) is 0 Å². The Hall–Kier alpha value is -2.51. The van der Waals surface area contributed by atoms with Crippen LogP contribution in [0.15, 0.2) is 34.4 Å². The van der Waals surface area contributed by atoms with Gasteiger partial charge in [0, 0.05) is 54.9 Å². The van der Waals surface area contributed by atoms with E-state index in [1.165, 1.54) is 16.0 Å². The van der Waals surface area contributed by atoms with Gasteiger partial charge in [-0.1, -0.05) is 5.16 Å². The van der Waals surface area contributed by atoms with Crippen molar-refractivity contribution in [2.45, 2.75) is 46.3 Å². The molecule has 0 saturated carbocycles. The minimum absolute atomic E-state index is 0.000630. The van der Waals surface area contributed by atoms with Gasteiger partial charge in [-0.15, -0.1) is 11.3 Å². The number of nitrogens with zero attached hydrogens (tertiary/aromatic N) is 4. The maximum atomic E-state index is 13.2. The van der Waals surface area contributed by atoms with Crippen LogP contribution in [0.1, 0.15) is 56.3 Å². The number of rotatable bonds is 5. The predicted molar refractivity (Wildman–Crippen MR) is 113 cm³/mol. The topological polar surface area (TPSA) is 62.5 Å². The van der Waals surface area contributed by atoms with Crippen molar-refractivity contribution in [1.29, 1.82) is 0 Å². The normalized spacial score (nSPS) is 15.2. The molecule has 7 heteroatoms. The molecule has 4 heterocycles. The summed E-state index contributed by atoms with van der Waals surface area (Å²) in [6.45, 7) is 8.63. The Morgan fingerprint density at radius 1 is 1.34 bits per heavy atom. The number of carbonyl (C=O) groups is 1. The van der Waals surface area contributed by atoms with Crippen molar-refractivity contribution in [3.05, 3.63) is 68.5 Å². The molecule has 4 rings (SSSR count). The van der Waals surface area contributed by atoms with Crippen LogP contribution in [0.2, 0.25) is 0 Å². The van der Waals surface area contributed by atoms with E-state index in [-0.39, 0.29) is 11.9 Å². The van der Waals surface area contributed by atoms with Crippen molar-refractivity contribution in [1.82, 2.24) is 19.9 Å². The quantitative estimate of drug-likeness (QED) is 0.633. The van der Waals surface area contributed by atoms with Gasteiger partial charge >= 0.3 is 0 Å². The molecule has 0 spiro atoms. The molecular formula is C22H26N4O2S. The lowest BCUT2D eigenvalue weighted by atomic mass is 10.0. The highest BCUT2D eigenvalue weighted by atomic mass is 32.1. The molecule has 0 saturated heterocycles. The first-order valence-corrected chi connectivity index (χ1v) is 10.7. The molecule has 3 aromatic heterocycles. The summed E-state index contributed by atoms with van der Waals surface area (Å²) in [7, 11) is 1.88. The maximum Gasteiger partial charge on any atom is 0.255 e. The van der Waals surface area contributed by atoms with Crippen molar-refractivity contribution in [2.75, 3.05) is 13.6 Å². The summed E-state index contributed by atoms with van der Waals surface area (Å²) < 4.78 is 5.30. The SMILES string of the molecule is Cc1noc(C)c1CN1CCc2c(C(=O)N(C)[C@H](C)c3ccncc3)csc2C1. The average molecular weight is 411 g/mol. The van der Waals surface area contributed by atoms with E-state index in [2.05, 4.69) is 22.0 Å². The number of pyridine rings is 1. The van der Waals surface area contributed by atoms with Crippen LogP contribution in [0, 0.1) is 13.8 Å². The standard InChI is InChI=1S/C22H26N4O2S/c1-14-19(16(3)28-24-14)11-26-10-7-18-20(13-29-21(18)12-26)22(27)25(4)15(2)17-5-8-23-9-6-17/h5-6,8-9,13,15H,7,10-12H2,1-4H3/t15-/m1/s1. The summed E-state index contributed by atoms with van der Waals surface area (Å²) in [5.41, 5.74) is 5.29. The van der Waals surface area contributed by atoms with Crippen LogP contribution >= 0.6 is 11.3 Å². The van der Waals surface area contributed by atoms with Gasteiger partial charge in [0.2, 0.25) is 0 Å². The molecule has 152 valence electrons. The lowest BCUT2D eigenvalue weighted by Gasteiger charge is -2.29. The predicted octanol–water partition coefficient (Wildman–Crippen LogP) is 4.14. The van der Waals surface area contributed by atoms with E-state index >= 15 is 0 Å². The number of fused-ring (bicyclic) bond motifs is 1. The molecule has 0 bridgehead atoms. The average Bonchev–Trinajstić information content (AvgIpc) is 3.30. The van der Waals surface area contributed by atoms with Crippen LogP contribution < -0.4 is 0 Å². The third kappa shape index (κ3) is 3.84. The van der Waals surface area contributed by atoms with Crippen LogP contribution in [0.3, 0.4) is 0 Å². The highest BCUT2D eigenvalue weighted by molar-refractivity contribution is 7.10. The van der Waals surface area contributed by atoms with Crippen molar-refractivity contribution >= 4 is 17.2 Å². The Morgan fingerprint density at radius 2 is 2.10 bits per heavy atom. The second-order valence-corrected chi connectivity index (χ2v) is 8.65. The Labute approximate surface area is 175 Å². The van der Waals surface area contributed by atoms with Crippen LogP contribution in [0.5, 0.6) is 0 Å². The van der Waals surface area contributed by atoms with E-state index in [0.717, 1.165) is 48.6 Å². The monoisotopic (exact) mass is 410 g/mol. The third-order valence-corrected chi connectivity index (χ3v) is 6.92. The van der Waals surface area contributed by atoms with Gasteiger partial charge in [-0.3, -0.25) is 14.7 Å². The van der Waals surface area contributed by atoms with Crippen molar-refractivity contribution in [3.8, 4) is 0 Å². The Morgan fingerprint density at radius 3 is 2.79 bits per heavy atom. The first kappa shape index (κ1) is 19.8. The number of amides is 1. The summed E-state index contributed by atoms with van der Waals surface area (Å²) in [5, 5.41) is 6.09. The number of carbonyl (C=O) groups excluding carboxylic acids is 1. The minimum atomic E-state index is 0.000630. The van der Waals surface area contributed by atoms with Gasteiger partial charge in [0.25, 0.3) is 5.91 Å². The Balaban J connectivity index is 1.48. The number of aryl methyl sites for hydroxylation is 2. The Kier molecular flexibility index (Phi) is 5.52. The van der Waals surface area contributed by atoms with Crippen LogP contribution in [-0.4, -0.2) is 39.4 Å². The zero-order valence-electron chi connectivity index (χ0n) is 17.3. The molecule has 0 unspecified atom stereocenters. The Bertz CT molecular complexity index is 992. The van der Waals surface area contributed by atoms with Crippen molar-refractivity contribution in [3.63, 3.8) is 0 Å². The summed E-state index contributed by atoms with van der Waals surface area (Å²) in [6.07, 6.45) is 4.43. The molecule has 3 aromatic rings. The summed E-state index contributed by atoms with van der Waals surface area (Å²) in [5.74, 6) is 0.980. The van der Waals surface area contributed by atoms with Crippen molar-refractivity contribution in [2.24, 2.45) is 0 Å². The first-order chi connectivity index (χ1) is 14.0. The molecule has 0 aromatic carbocycles. The van der Waals surface area contributed by atoms with Crippen LogP contribution in [-0.2, 0) is 19.5 Å². The zero-order chi connectivity index (χ0) is 20.5. The summed E-state index contributed by atoms with van der Waals surface area (Å²) in [4.78, 5) is 22.8. The minimum Gasteiger partial charge on any atom is -0.361 e. The highest BCUT2D eigenvalue weighted by Gasteiger charge is 2.28. The van der Waals surface area contributed by atoms with E-state index < -0.39 is 0 Å². The van der Waals surface area contributed by atoms with E-state index in [9.17, 15) is 4.79 Å². The van der Waals surface area contributed by atoms with E-state index in [0.29, 0.717) is 0 Å². The molecule has 6 nitrogen and oxygen atoms in total. The van der Waals surface area contributed by atoms with Gasteiger partial charge < -0.3 is 9.42 Å². The van der Waals surface area contributed by atoms with Crippen LogP contribution in [0.25, 0.3) is 0 Å². The molecule has 0 fully saturated rings. The van der Waals surface area contributed by atoms with E-state index in [1.807, 2.05) is 43.3 Å². The lowest BCUT2D eigenvalue weighted by molar-refractivity contribution is 0.0741. The van der Waals surface area contributed by atoms with Gasteiger partial charge in [-0.25, -0.2) is 0 Å².